The van der Waals surface area contributed by atoms with Crippen LogP contribution in [-0.4, -0.2) is 52.7 Å². The van der Waals surface area contributed by atoms with E-state index in [-0.39, 0.29) is 42.9 Å². The molecule has 8 nitrogen and oxygen atoms in total. The van der Waals surface area contributed by atoms with Gasteiger partial charge in [0, 0.05) is 12.8 Å². The molecule has 0 saturated heterocycles. The van der Waals surface area contributed by atoms with Crippen LogP contribution in [0.2, 0.25) is 0 Å². The van der Waals surface area contributed by atoms with E-state index in [1.165, 1.54) is 12.1 Å². The molecule has 0 saturated carbocycles. The van der Waals surface area contributed by atoms with Crippen molar-refractivity contribution in [3.8, 4) is 5.75 Å². The second kappa shape index (κ2) is 14.2. The summed E-state index contributed by atoms with van der Waals surface area (Å²) in [6, 6.07) is 13.7. The van der Waals surface area contributed by atoms with Gasteiger partial charge in [0.05, 0.1) is 12.6 Å². The fourth-order valence-electron chi connectivity index (χ4n) is 3.84. The molecule has 2 aromatic rings. The largest absolute Gasteiger partial charge is 0.508 e. The van der Waals surface area contributed by atoms with Gasteiger partial charge in [0.15, 0.2) is 0 Å². The Bertz CT molecular complexity index is 976. The second-order valence-electron chi connectivity index (χ2n) is 9.90. The molecule has 0 radical (unpaired) electrons. The summed E-state index contributed by atoms with van der Waals surface area (Å²) in [7, 11) is 0. The quantitative estimate of drug-likeness (QED) is 0.290. The molecule has 2 aromatic carbocycles. The number of amides is 3. The summed E-state index contributed by atoms with van der Waals surface area (Å²) >= 11 is 0. The van der Waals surface area contributed by atoms with Crippen LogP contribution < -0.4 is 16.0 Å². The summed E-state index contributed by atoms with van der Waals surface area (Å²) in [5, 5.41) is 27.8. The first kappa shape index (κ1) is 28.8. The Balaban J connectivity index is 2.13. The summed E-state index contributed by atoms with van der Waals surface area (Å²) in [6.07, 6.45) is 0.928. The molecule has 0 aliphatic carbocycles. The van der Waals surface area contributed by atoms with Gasteiger partial charge in [-0.1, -0.05) is 70.2 Å². The topological polar surface area (TPSA) is 128 Å². The van der Waals surface area contributed by atoms with Crippen molar-refractivity contribution in [3.63, 3.8) is 0 Å². The first-order valence-electron chi connectivity index (χ1n) is 12.4. The van der Waals surface area contributed by atoms with Gasteiger partial charge in [-0.25, -0.2) is 0 Å². The average molecular weight is 498 g/mol. The molecule has 0 fully saturated rings. The van der Waals surface area contributed by atoms with Crippen molar-refractivity contribution in [1.82, 2.24) is 16.0 Å². The zero-order valence-corrected chi connectivity index (χ0v) is 21.5. The molecule has 0 bridgehead atoms. The van der Waals surface area contributed by atoms with Crippen LogP contribution in [0.25, 0.3) is 0 Å². The number of benzene rings is 2. The number of carbonyl (C=O) groups is 3. The minimum Gasteiger partial charge on any atom is -0.508 e. The highest BCUT2D eigenvalue weighted by atomic mass is 16.3. The Morgan fingerprint density at radius 1 is 0.778 bits per heavy atom. The summed E-state index contributed by atoms with van der Waals surface area (Å²) in [6.45, 7) is 7.24. The highest BCUT2D eigenvalue weighted by Crippen LogP contribution is 2.13. The number of phenolic OH excluding ortho intramolecular Hbond substituents is 1. The Hall–Kier alpha value is -3.39. The molecule has 2 rings (SSSR count). The molecule has 3 atom stereocenters. The Labute approximate surface area is 213 Å². The van der Waals surface area contributed by atoms with Crippen molar-refractivity contribution >= 4 is 17.7 Å². The Morgan fingerprint density at radius 2 is 1.39 bits per heavy atom. The molecule has 0 heterocycles. The standard InChI is InChI=1S/C28H39N3O5/c1-18(2)14-25(34)30-24(16-21-10-12-23(33)13-11-21)27(35)31-26(19(3)4)28(36)29-22(17-32)15-20-8-6-5-7-9-20/h5-13,18-19,22,24,26,32-33H,14-17H2,1-4H3,(H,29,36)(H,30,34)(H,31,35)/t22-,24-,26-/m0/s1. The minimum absolute atomic E-state index is 0.106. The van der Waals surface area contributed by atoms with Crippen molar-refractivity contribution in [2.45, 2.75) is 65.1 Å². The fraction of sp³-hybridized carbons (Fsp3) is 0.464. The number of carbonyl (C=O) groups excluding carboxylic acids is 3. The number of hydrogen-bond donors (Lipinski definition) is 5. The summed E-state index contributed by atoms with van der Waals surface area (Å²) in [5.41, 5.74) is 1.73. The zero-order chi connectivity index (χ0) is 26.7. The van der Waals surface area contributed by atoms with Crippen molar-refractivity contribution in [1.29, 1.82) is 0 Å². The SMILES string of the molecule is CC(C)CC(=O)N[C@@H](Cc1ccc(O)cc1)C(=O)N[C@H](C(=O)N[C@H](CO)Cc1ccccc1)C(C)C. The predicted octanol–water partition coefficient (Wildman–Crippen LogP) is 2.33. The van der Waals surface area contributed by atoms with E-state index in [4.69, 9.17) is 0 Å². The third kappa shape index (κ3) is 9.70. The number of aliphatic hydroxyl groups is 1. The van der Waals surface area contributed by atoms with Crippen molar-refractivity contribution in [2.24, 2.45) is 11.8 Å². The van der Waals surface area contributed by atoms with Crippen LogP contribution in [0.4, 0.5) is 0 Å². The number of phenols is 1. The monoisotopic (exact) mass is 497 g/mol. The molecule has 0 aliphatic heterocycles. The van der Waals surface area contributed by atoms with E-state index in [9.17, 15) is 24.6 Å². The number of aromatic hydroxyl groups is 1. The highest BCUT2D eigenvalue weighted by molar-refractivity contribution is 5.92. The van der Waals surface area contributed by atoms with E-state index >= 15 is 0 Å². The lowest BCUT2D eigenvalue weighted by atomic mass is 9.99. The number of hydrogen-bond acceptors (Lipinski definition) is 5. The van der Waals surface area contributed by atoms with Crippen molar-refractivity contribution < 1.29 is 24.6 Å². The molecule has 0 aromatic heterocycles. The van der Waals surface area contributed by atoms with Crippen LogP contribution in [0.5, 0.6) is 5.75 Å². The lowest BCUT2D eigenvalue weighted by Crippen LogP contribution is -2.57. The molecule has 0 unspecified atom stereocenters. The van der Waals surface area contributed by atoms with Gasteiger partial charge >= 0.3 is 0 Å². The molecule has 3 amide bonds. The van der Waals surface area contributed by atoms with Gasteiger partial charge in [0.1, 0.15) is 17.8 Å². The molecule has 36 heavy (non-hydrogen) atoms. The van der Waals surface area contributed by atoms with Crippen LogP contribution in [0, 0.1) is 11.8 Å². The molecule has 0 spiro atoms. The highest BCUT2D eigenvalue weighted by Gasteiger charge is 2.30. The third-order valence-electron chi connectivity index (χ3n) is 5.76. The minimum atomic E-state index is -0.896. The van der Waals surface area contributed by atoms with Gasteiger partial charge in [0.2, 0.25) is 17.7 Å². The van der Waals surface area contributed by atoms with Crippen molar-refractivity contribution in [2.75, 3.05) is 6.61 Å². The lowest BCUT2D eigenvalue weighted by Gasteiger charge is -2.27. The maximum atomic E-state index is 13.3. The smallest absolute Gasteiger partial charge is 0.243 e. The fourth-order valence-corrected chi connectivity index (χ4v) is 3.84. The summed E-state index contributed by atoms with van der Waals surface area (Å²) in [4.78, 5) is 38.9. The van der Waals surface area contributed by atoms with E-state index < -0.39 is 29.9 Å². The van der Waals surface area contributed by atoms with Gasteiger partial charge < -0.3 is 26.2 Å². The van der Waals surface area contributed by atoms with Crippen LogP contribution in [0.1, 0.15) is 45.2 Å². The van der Waals surface area contributed by atoms with E-state index in [1.54, 1.807) is 12.1 Å². The van der Waals surface area contributed by atoms with Gasteiger partial charge in [0.25, 0.3) is 0 Å². The lowest BCUT2D eigenvalue weighted by molar-refractivity contribution is -0.133. The van der Waals surface area contributed by atoms with Gasteiger partial charge in [-0.15, -0.1) is 0 Å². The van der Waals surface area contributed by atoms with Crippen LogP contribution in [0.3, 0.4) is 0 Å². The molecular formula is C28H39N3O5. The van der Waals surface area contributed by atoms with Gasteiger partial charge in [-0.2, -0.15) is 0 Å². The van der Waals surface area contributed by atoms with E-state index in [0.717, 1.165) is 11.1 Å². The van der Waals surface area contributed by atoms with Crippen LogP contribution >= 0.6 is 0 Å². The third-order valence-corrected chi connectivity index (χ3v) is 5.76. The van der Waals surface area contributed by atoms with Crippen LogP contribution in [-0.2, 0) is 27.2 Å². The van der Waals surface area contributed by atoms with E-state index in [2.05, 4.69) is 16.0 Å². The first-order valence-corrected chi connectivity index (χ1v) is 12.4. The predicted molar refractivity (Wildman–Crippen MR) is 139 cm³/mol. The van der Waals surface area contributed by atoms with Gasteiger partial charge in [-0.05, 0) is 41.5 Å². The van der Waals surface area contributed by atoms with Crippen molar-refractivity contribution in [3.05, 3.63) is 65.7 Å². The van der Waals surface area contributed by atoms with E-state index in [1.807, 2.05) is 58.0 Å². The average Bonchev–Trinajstić information content (AvgIpc) is 2.82. The Morgan fingerprint density at radius 3 is 1.94 bits per heavy atom. The molecular weight excluding hydrogens is 458 g/mol. The number of nitrogens with one attached hydrogen (secondary N) is 3. The molecule has 196 valence electrons. The molecule has 5 N–H and O–H groups in total. The van der Waals surface area contributed by atoms with Gasteiger partial charge in [-0.3, -0.25) is 14.4 Å². The molecule has 8 heteroatoms. The normalized spacial score (nSPS) is 13.6. The molecule has 0 aliphatic rings. The Kier molecular flexibility index (Phi) is 11.4. The number of aliphatic hydroxyl groups excluding tert-OH is 1. The second-order valence-corrected chi connectivity index (χ2v) is 9.90. The maximum absolute atomic E-state index is 13.3. The maximum Gasteiger partial charge on any atom is 0.243 e. The summed E-state index contributed by atoms with van der Waals surface area (Å²) < 4.78 is 0. The zero-order valence-electron chi connectivity index (χ0n) is 21.5. The summed E-state index contributed by atoms with van der Waals surface area (Å²) in [5.74, 6) is -1.13. The van der Waals surface area contributed by atoms with E-state index in [0.29, 0.717) is 6.42 Å². The first-order chi connectivity index (χ1) is 17.1. The number of rotatable bonds is 13. The van der Waals surface area contributed by atoms with Crippen LogP contribution in [0.15, 0.2) is 54.6 Å².